The van der Waals surface area contributed by atoms with Crippen LogP contribution in [0.3, 0.4) is 0 Å². The summed E-state index contributed by atoms with van der Waals surface area (Å²) in [5, 5.41) is 17.9. The van der Waals surface area contributed by atoms with E-state index in [4.69, 9.17) is 10.5 Å². The van der Waals surface area contributed by atoms with E-state index in [0.717, 1.165) is 5.69 Å². The third-order valence-corrected chi connectivity index (χ3v) is 2.23. The minimum atomic E-state index is 0.457. The fourth-order valence-corrected chi connectivity index (χ4v) is 1.47. The van der Waals surface area contributed by atoms with E-state index in [9.17, 15) is 0 Å². The van der Waals surface area contributed by atoms with Gasteiger partial charge in [-0.15, -0.1) is 0 Å². The Hall–Kier alpha value is -2.59. The molecule has 0 spiro atoms. The van der Waals surface area contributed by atoms with E-state index >= 15 is 0 Å². The van der Waals surface area contributed by atoms with Crippen LogP contribution >= 0.6 is 0 Å². The maximum Gasteiger partial charge on any atom is 0.155 e. The Morgan fingerprint density at radius 3 is 2.69 bits per heavy atom. The van der Waals surface area contributed by atoms with Crippen molar-refractivity contribution in [3.8, 4) is 18.0 Å². The molecule has 0 N–H and O–H groups in total. The molecule has 2 aromatic rings. The Balaban J connectivity index is 2.70. The van der Waals surface area contributed by atoms with Crippen molar-refractivity contribution in [2.75, 3.05) is 0 Å². The van der Waals surface area contributed by atoms with Gasteiger partial charge in [-0.3, -0.25) is 4.57 Å². The van der Waals surface area contributed by atoms with E-state index in [1.165, 1.54) is 0 Å². The Morgan fingerprint density at radius 1 is 1.19 bits per heavy atom. The van der Waals surface area contributed by atoms with Gasteiger partial charge in [0, 0.05) is 11.9 Å². The van der Waals surface area contributed by atoms with Crippen molar-refractivity contribution in [1.82, 2.24) is 9.55 Å². The SMILES string of the molecule is Cc1ccc(C#N)c(-n2cccc2C#N)n1. The minimum absolute atomic E-state index is 0.457. The largest absolute Gasteiger partial charge is 0.291 e. The van der Waals surface area contributed by atoms with Gasteiger partial charge >= 0.3 is 0 Å². The molecule has 0 aliphatic rings. The first-order chi connectivity index (χ1) is 7.76. The highest BCUT2D eigenvalue weighted by Crippen LogP contribution is 2.15. The Labute approximate surface area is 93.0 Å². The molecular weight excluding hydrogens is 200 g/mol. The molecule has 0 aliphatic heterocycles. The molecule has 76 valence electrons. The lowest BCUT2D eigenvalue weighted by Gasteiger charge is -2.06. The van der Waals surface area contributed by atoms with Crippen molar-refractivity contribution in [1.29, 1.82) is 10.5 Å². The van der Waals surface area contributed by atoms with Crippen molar-refractivity contribution >= 4 is 0 Å². The van der Waals surface area contributed by atoms with Crippen LogP contribution in [0.4, 0.5) is 0 Å². The van der Waals surface area contributed by atoms with Crippen LogP contribution in [0.25, 0.3) is 5.82 Å². The molecule has 2 rings (SSSR count). The summed E-state index contributed by atoms with van der Waals surface area (Å²) >= 11 is 0. The lowest BCUT2D eigenvalue weighted by molar-refractivity contribution is 0.964. The van der Waals surface area contributed by atoms with Crippen molar-refractivity contribution in [2.45, 2.75) is 6.92 Å². The van der Waals surface area contributed by atoms with Crippen LogP contribution in [0.1, 0.15) is 17.0 Å². The van der Waals surface area contributed by atoms with Gasteiger partial charge in [0.1, 0.15) is 17.8 Å². The Kier molecular flexibility index (Phi) is 2.41. The molecule has 0 unspecified atom stereocenters. The van der Waals surface area contributed by atoms with Gasteiger partial charge in [-0.05, 0) is 31.2 Å². The third kappa shape index (κ3) is 1.53. The lowest BCUT2D eigenvalue weighted by Crippen LogP contribution is -2.02. The molecule has 16 heavy (non-hydrogen) atoms. The highest BCUT2D eigenvalue weighted by atomic mass is 15.1. The topological polar surface area (TPSA) is 65.4 Å². The van der Waals surface area contributed by atoms with E-state index in [1.54, 1.807) is 35.0 Å². The van der Waals surface area contributed by atoms with Crippen molar-refractivity contribution in [2.24, 2.45) is 0 Å². The van der Waals surface area contributed by atoms with Crippen LogP contribution in [0.2, 0.25) is 0 Å². The highest BCUT2D eigenvalue weighted by Gasteiger charge is 2.09. The molecule has 4 heteroatoms. The second kappa shape index (κ2) is 3.88. The van der Waals surface area contributed by atoms with E-state index < -0.39 is 0 Å². The number of hydrogen-bond donors (Lipinski definition) is 0. The molecule has 0 fully saturated rings. The first-order valence-electron chi connectivity index (χ1n) is 4.72. The molecule has 2 aromatic heterocycles. The van der Waals surface area contributed by atoms with Gasteiger partial charge in [-0.2, -0.15) is 10.5 Å². The third-order valence-electron chi connectivity index (χ3n) is 2.23. The molecule has 0 radical (unpaired) electrons. The summed E-state index contributed by atoms with van der Waals surface area (Å²) in [5.74, 6) is 0.504. The summed E-state index contributed by atoms with van der Waals surface area (Å²) in [4.78, 5) is 4.28. The first-order valence-corrected chi connectivity index (χ1v) is 4.72. The van der Waals surface area contributed by atoms with Crippen LogP contribution in [0.15, 0.2) is 30.5 Å². The summed E-state index contributed by atoms with van der Waals surface area (Å²) in [5.41, 5.74) is 1.74. The highest BCUT2D eigenvalue weighted by molar-refractivity contribution is 5.47. The van der Waals surface area contributed by atoms with Gasteiger partial charge in [0.25, 0.3) is 0 Å². The normalized spacial score (nSPS) is 9.44. The maximum absolute atomic E-state index is 8.99. The average Bonchev–Trinajstić information content (AvgIpc) is 2.76. The zero-order chi connectivity index (χ0) is 11.5. The Morgan fingerprint density at radius 2 is 2.00 bits per heavy atom. The van der Waals surface area contributed by atoms with Crippen LogP contribution in [-0.4, -0.2) is 9.55 Å². The van der Waals surface area contributed by atoms with Gasteiger partial charge in [-0.25, -0.2) is 4.98 Å². The summed E-state index contributed by atoms with van der Waals surface area (Å²) in [6.45, 7) is 1.85. The summed E-state index contributed by atoms with van der Waals surface area (Å²) < 4.78 is 1.62. The number of rotatable bonds is 1. The Bertz CT molecular complexity index is 611. The predicted molar refractivity (Wildman–Crippen MR) is 57.7 cm³/mol. The first kappa shape index (κ1) is 9.95. The molecule has 0 saturated heterocycles. The molecule has 0 saturated carbocycles. The van der Waals surface area contributed by atoms with Crippen molar-refractivity contribution in [3.63, 3.8) is 0 Å². The minimum Gasteiger partial charge on any atom is -0.291 e. The number of aromatic nitrogens is 2. The predicted octanol–water partition coefficient (Wildman–Crippen LogP) is 1.92. The zero-order valence-electron chi connectivity index (χ0n) is 8.68. The molecule has 0 amide bonds. The standard InChI is InChI=1S/C12H8N4/c1-9-4-5-10(7-13)12(15-9)16-6-2-3-11(16)8-14/h2-6H,1H3. The lowest BCUT2D eigenvalue weighted by atomic mass is 10.2. The monoisotopic (exact) mass is 208 g/mol. The molecule has 0 atom stereocenters. The fraction of sp³-hybridized carbons (Fsp3) is 0.0833. The second-order valence-corrected chi connectivity index (χ2v) is 3.31. The fourth-order valence-electron chi connectivity index (χ4n) is 1.47. The number of hydrogen-bond acceptors (Lipinski definition) is 3. The molecule has 0 bridgehead atoms. The molecule has 0 aromatic carbocycles. The second-order valence-electron chi connectivity index (χ2n) is 3.31. The molecule has 2 heterocycles. The van der Waals surface area contributed by atoms with Gasteiger partial charge in [-0.1, -0.05) is 0 Å². The van der Waals surface area contributed by atoms with Crippen LogP contribution in [0.5, 0.6) is 0 Å². The van der Waals surface area contributed by atoms with E-state index in [-0.39, 0.29) is 0 Å². The van der Waals surface area contributed by atoms with E-state index in [1.807, 2.05) is 6.92 Å². The average molecular weight is 208 g/mol. The van der Waals surface area contributed by atoms with E-state index in [2.05, 4.69) is 17.1 Å². The van der Waals surface area contributed by atoms with Crippen molar-refractivity contribution in [3.05, 3.63) is 47.4 Å². The van der Waals surface area contributed by atoms with Gasteiger partial charge in [0.15, 0.2) is 5.82 Å². The number of pyridine rings is 1. The quantitative estimate of drug-likeness (QED) is 0.719. The van der Waals surface area contributed by atoms with Crippen LogP contribution in [0, 0.1) is 29.6 Å². The van der Waals surface area contributed by atoms with Crippen LogP contribution < -0.4 is 0 Å². The summed E-state index contributed by atoms with van der Waals surface area (Å²) in [6, 6.07) is 11.0. The van der Waals surface area contributed by atoms with Gasteiger partial charge < -0.3 is 0 Å². The summed E-state index contributed by atoms with van der Waals surface area (Å²) in [6.07, 6.45) is 1.72. The van der Waals surface area contributed by atoms with Crippen molar-refractivity contribution < 1.29 is 0 Å². The number of nitriles is 2. The van der Waals surface area contributed by atoms with E-state index in [0.29, 0.717) is 17.1 Å². The van der Waals surface area contributed by atoms with Gasteiger partial charge in [0.2, 0.25) is 0 Å². The van der Waals surface area contributed by atoms with Gasteiger partial charge in [0.05, 0.1) is 5.56 Å². The van der Waals surface area contributed by atoms with Crippen LogP contribution in [-0.2, 0) is 0 Å². The number of nitrogens with zero attached hydrogens (tertiary/aromatic N) is 4. The zero-order valence-corrected chi connectivity index (χ0v) is 8.68. The molecular formula is C12H8N4. The molecule has 0 aliphatic carbocycles. The summed E-state index contributed by atoms with van der Waals surface area (Å²) in [7, 11) is 0. The maximum atomic E-state index is 8.99. The smallest absolute Gasteiger partial charge is 0.155 e. The molecule has 4 nitrogen and oxygen atoms in total. The number of aryl methyl sites for hydroxylation is 1.